The Morgan fingerprint density at radius 3 is 2.47 bits per heavy atom. The fourth-order valence-electron chi connectivity index (χ4n) is 3.65. The zero-order chi connectivity index (χ0) is 23.8. The fraction of sp³-hybridized carbons (Fsp3) is 0.192. The number of aromatic nitrogens is 3. The Labute approximate surface area is 208 Å². The lowest BCUT2D eigenvalue weighted by Gasteiger charge is -2.13. The highest BCUT2D eigenvalue weighted by atomic mass is 35.5. The van der Waals surface area contributed by atoms with E-state index in [1.54, 1.807) is 6.20 Å². The summed E-state index contributed by atoms with van der Waals surface area (Å²) >= 11 is 12.3. The van der Waals surface area contributed by atoms with Crippen LogP contribution in [0.5, 0.6) is 0 Å². The molecule has 2 N–H and O–H groups in total. The topological polar surface area (TPSA) is 71.8 Å². The first-order chi connectivity index (χ1) is 16.6. The molecule has 0 saturated carbocycles. The van der Waals surface area contributed by atoms with Gasteiger partial charge in [-0.2, -0.15) is 0 Å². The van der Waals surface area contributed by atoms with Crippen LogP contribution in [0.15, 0.2) is 83.9 Å². The quantitative estimate of drug-likeness (QED) is 0.302. The number of halogens is 2. The first-order valence-corrected chi connectivity index (χ1v) is 11.8. The Morgan fingerprint density at radius 1 is 0.882 bits per heavy atom. The normalized spacial score (nSPS) is 10.9. The third-order valence-electron chi connectivity index (χ3n) is 5.41. The van der Waals surface area contributed by atoms with E-state index in [2.05, 4.69) is 32.7 Å². The van der Waals surface area contributed by atoms with Crippen molar-refractivity contribution in [3.8, 4) is 11.1 Å². The van der Waals surface area contributed by atoms with E-state index in [1.165, 1.54) is 10.8 Å². The van der Waals surface area contributed by atoms with Gasteiger partial charge in [0.2, 0.25) is 0 Å². The maximum atomic E-state index is 12.9. The Bertz CT molecular complexity index is 1280. The highest BCUT2D eigenvalue weighted by Crippen LogP contribution is 2.25. The molecule has 0 fully saturated rings. The molecule has 4 rings (SSSR count). The molecule has 2 heterocycles. The maximum Gasteiger partial charge on any atom is 0.294 e. The molecule has 0 atom stereocenters. The molecule has 4 aromatic rings. The van der Waals surface area contributed by atoms with Gasteiger partial charge < -0.3 is 10.6 Å². The highest BCUT2D eigenvalue weighted by molar-refractivity contribution is 6.30. The molecule has 0 radical (unpaired) electrons. The van der Waals surface area contributed by atoms with E-state index in [0.717, 1.165) is 22.4 Å². The van der Waals surface area contributed by atoms with Crippen LogP contribution in [0, 0.1) is 0 Å². The molecule has 0 bridgehead atoms. The average Bonchev–Trinajstić information content (AvgIpc) is 2.86. The molecule has 0 amide bonds. The number of nitrogens with zero attached hydrogens (tertiary/aromatic N) is 3. The Balaban J connectivity index is 1.35. The molecule has 0 aliphatic carbocycles. The van der Waals surface area contributed by atoms with E-state index in [-0.39, 0.29) is 11.4 Å². The van der Waals surface area contributed by atoms with Gasteiger partial charge in [-0.25, -0.2) is 4.98 Å². The number of benzene rings is 2. The molecule has 6 nitrogen and oxygen atoms in total. The summed E-state index contributed by atoms with van der Waals surface area (Å²) in [6.07, 6.45) is 3.95. The van der Waals surface area contributed by atoms with E-state index in [0.29, 0.717) is 42.8 Å². The summed E-state index contributed by atoms with van der Waals surface area (Å²) in [6, 6.07) is 21.8. The summed E-state index contributed by atoms with van der Waals surface area (Å²) in [6.45, 7) is 2.22. The summed E-state index contributed by atoms with van der Waals surface area (Å²) < 4.78 is 1.52. The number of anilines is 1. The number of rotatable bonds is 10. The molecule has 0 aliphatic rings. The van der Waals surface area contributed by atoms with Gasteiger partial charge in [-0.1, -0.05) is 65.7 Å². The lowest BCUT2D eigenvalue weighted by atomic mass is 10.00. The molecule has 0 spiro atoms. The van der Waals surface area contributed by atoms with E-state index >= 15 is 0 Å². The van der Waals surface area contributed by atoms with E-state index in [1.807, 2.05) is 54.6 Å². The summed E-state index contributed by atoms with van der Waals surface area (Å²) in [5.41, 5.74) is 4.13. The Morgan fingerprint density at radius 2 is 1.68 bits per heavy atom. The first kappa shape index (κ1) is 24.0. The zero-order valence-electron chi connectivity index (χ0n) is 18.5. The second-order valence-corrected chi connectivity index (χ2v) is 8.55. The predicted molar refractivity (Wildman–Crippen MR) is 139 cm³/mol. The largest absolute Gasteiger partial charge is 0.365 e. The van der Waals surface area contributed by atoms with E-state index in [9.17, 15) is 4.79 Å². The van der Waals surface area contributed by atoms with Gasteiger partial charge in [0.15, 0.2) is 5.82 Å². The van der Waals surface area contributed by atoms with Crippen molar-refractivity contribution in [2.45, 2.75) is 19.5 Å². The minimum absolute atomic E-state index is 0.239. The van der Waals surface area contributed by atoms with Crippen LogP contribution < -0.4 is 16.2 Å². The number of nitrogens with one attached hydrogen (secondary N) is 2. The fourth-order valence-corrected chi connectivity index (χ4v) is 3.99. The highest BCUT2D eigenvalue weighted by Gasteiger charge is 2.10. The monoisotopic (exact) mass is 493 g/mol. The van der Waals surface area contributed by atoms with Crippen LogP contribution in [-0.2, 0) is 19.5 Å². The third kappa shape index (κ3) is 6.23. The van der Waals surface area contributed by atoms with Crippen LogP contribution >= 0.6 is 23.2 Å². The SMILES string of the molecule is O=c1c(NCCc2ccccn2)ncc(Cl)n1CCNCc1ccccc1-c1ccc(Cl)cc1. The molecule has 174 valence electrons. The van der Waals surface area contributed by atoms with Crippen molar-refractivity contribution in [2.75, 3.05) is 18.4 Å². The van der Waals surface area contributed by atoms with Crippen LogP contribution in [-0.4, -0.2) is 27.6 Å². The lowest BCUT2D eigenvalue weighted by molar-refractivity contribution is 0.584. The van der Waals surface area contributed by atoms with Crippen LogP contribution in [0.4, 0.5) is 5.82 Å². The van der Waals surface area contributed by atoms with Crippen LogP contribution in [0.1, 0.15) is 11.3 Å². The Kier molecular flexibility index (Phi) is 8.31. The van der Waals surface area contributed by atoms with Gasteiger partial charge in [0.1, 0.15) is 5.15 Å². The molecule has 34 heavy (non-hydrogen) atoms. The van der Waals surface area contributed by atoms with Crippen molar-refractivity contribution < 1.29 is 0 Å². The standard InChI is InChI=1S/C26H25Cl2N5O/c27-21-10-8-19(9-11-21)23-7-2-1-5-20(23)17-29-15-16-33-24(28)18-32-25(26(33)34)31-14-12-22-6-3-4-13-30-22/h1-11,13,18,29H,12,14-17H2,(H,31,32). The van der Waals surface area contributed by atoms with Crippen molar-refractivity contribution in [1.82, 2.24) is 19.9 Å². The molecule has 8 heteroatoms. The number of hydrogen-bond donors (Lipinski definition) is 2. The maximum absolute atomic E-state index is 12.9. The van der Waals surface area contributed by atoms with Crippen LogP contribution in [0.3, 0.4) is 0 Å². The lowest BCUT2D eigenvalue weighted by Crippen LogP contribution is -2.30. The second kappa shape index (κ2) is 11.8. The third-order valence-corrected chi connectivity index (χ3v) is 5.96. The van der Waals surface area contributed by atoms with Crippen molar-refractivity contribution in [3.63, 3.8) is 0 Å². The molecule has 0 saturated heterocycles. The van der Waals surface area contributed by atoms with Crippen molar-refractivity contribution >= 4 is 29.0 Å². The molecule has 0 unspecified atom stereocenters. The van der Waals surface area contributed by atoms with Crippen molar-refractivity contribution in [3.05, 3.63) is 111 Å². The Hall–Kier alpha value is -3.19. The molecular formula is C26H25Cl2N5O. The molecular weight excluding hydrogens is 469 g/mol. The molecule has 2 aromatic carbocycles. The van der Waals surface area contributed by atoms with Gasteiger partial charge in [0.25, 0.3) is 5.56 Å². The average molecular weight is 494 g/mol. The number of pyridine rings is 1. The second-order valence-electron chi connectivity index (χ2n) is 7.72. The minimum atomic E-state index is -0.239. The van der Waals surface area contributed by atoms with Crippen LogP contribution in [0.2, 0.25) is 10.2 Å². The van der Waals surface area contributed by atoms with Gasteiger partial charge in [0, 0.05) is 49.5 Å². The molecule has 0 aliphatic heterocycles. The smallest absolute Gasteiger partial charge is 0.294 e. The number of hydrogen-bond acceptors (Lipinski definition) is 5. The summed E-state index contributed by atoms with van der Waals surface area (Å²) in [5, 5.41) is 7.54. The minimum Gasteiger partial charge on any atom is -0.365 e. The van der Waals surface area contributed by atoms with Gasteiger partial charge >= 0.3 is 0 Å². The van der Waals surface area contributed by atoms with Crippen molar-refractivity contribution in [2.24, 2.45) is 0 Å². The predicted octanol–water partition coefficient (Wildman–Crippen LogP) is 5.06. The molecule has 2 aromatic heterocycles. The first-order valence-electron chi connectivity index (χ1n) is 11.1. The zero-order valence-corrected chi connectivity index (χ0v) is 20.1. The summed E-state index contributed by atoms with van der Waals surface area (Å²) in [7, 11) is 0. The summed E-state index contributed by atoms with van der Waals surface area (Å²) in [5.74, 6) is 0.286. The van der Waals surface area contributed by atoms with Gasteiger partial charge in [-0.3, -0.25) is 14.3 Å². The van der Waals surface area contributed by atoms with Gasteiger partial charge in [0.05, 0.1) is 6.20 Å². The summed E-state index contributed by atoms with van der Waals surface area (Å²) in [4.78, 5) is 21.3. The van der Waals surface area contributed by atoms with E-state index < -0.39 is 0 Å². The van der Waals surface area contributed by atoms with E-state index in [4.69, 9.17) is 23.2 Å². The van der Waals surface area contributed by atoms with Gasteiger partial charge in [-0.05, 0) is 41.0 Å². The van der Waals surface area contributed by atoms with Gasteiger partial charge in [-0.15, -0.1) is 0 Å². The van der Waals surface area contributed by atoms with Crippen molar-refractivity contribution in [1.29, 1.82) is 0 Å². The van der Waals surface area contributed by atoms with Crippen LogP contribution in [0.25, 0.3) is 11.1 Å².